The molecule has 0 aliphatic heterocycles. The van der Waals surface area contributed by atoms with Gasteiger partial charge in [-0.15, -0.1) is 0 Å². The molecule has 4 N–H and O–H groups in total. The van der Waals surface area contributed by atoms with Gasteiger partial charge in [0.15, 0.2) is 0 Å². The average Bonchev–Trinajstić information content (AvgIpc) is 2.77. The highest BCUT2D eigenvalue weighted by Gasteiger charge is 2.42. The van der Waals surface area contributed by atoms with Gasteiger partial charge in [-0.3, -0.25) is 9.59 Å². The van der Waals surface area contributed by atoms with Gasteiger partial charge in [-0.05, 0) is 76.3 Å². The van der Waals surface area contributed by atoms with E-state index in [1.165, 1.54) is 17.0 Å². The fourth-order valence-electron chi connectivity index (χ4n) is 4.11. The van der Waals surface area contributed by atoms with Crippen molar-refractivity contribution in [3.63, 3.8) is 0 Å². The van der Waals surface area contributed by atoms with Crippen molar-refractivity contribution >= 4 is 35.2 Å². The van der Waals surface area contributed by atoms with Crippen molar-refractivity contribution in [2.75, 3.05) is 11.9 Å². The van der Waals surface area contributed by atoms with E-state index in [1.54, 1.807) is 58.0 Å². The van der Waals surface area contributed by atoms with Gasteiger partial charge < -0.3 is 30.5 Å². The van der Waals surface area contributed by atoms with E-state index in [0.29, 0.717) is 29.1 Å². The molecule has 2 unspecified atom stereocenters. The van der Waals surface area contributed by atoms with Crippen LogP contribution in [0.15, 0.2) is 42.5 Å². The van der Waals surface area contributed by atoms with E-state index < -0.39 is 42.2 Å². The Labute approximate surface area is 221 Å². The SMILES string of the molecule is Cc1cccc(Cl)c1NC(=O)C(c1cccc(O)c1)N(C(=O)C(CO)NC(=O)OC(C)(C)C)C1CCC1. The first-order valence-electron chi connectivity index (χ1n) is 12.2. The number of aliphatic hydroxyl groups excluding tert-OH is 1. The Hall–Kier alpha value is -3.30. The van der Waals surface area contributed by atoms with Gasteiger partial charge in [0.25, 0.3) is 5.91 Å². The van der Waals surface area contributed by atoms with E-state index in [4.69, 9.17) is 16.3 Å². The number of aliphatic hydroxyl groups is 1. The Balaban J connectivity index is 2.01. The third-order valence-corrected chi connectivity index (χ3v) is 6.39. The maximum Gasteiger partial charge on any atom is 0.408 e. The minimum absolute atomic E-state index is 0.0733. The van der Waals surface area contributed by atoms with Crippen molar-refractivity contribution in [3.8, 4) is 5.75 Å². The molecule has 9 nitrogen and oxygen atoms in total. The normalized spacial score (nSPS) is 15.2. The zero-order valence-electron chi connectivity index (χ0n) is 21.5. The van der Waals surface area contributed by atoms with Gasteiger partial charge in [0.1, 0.15) is 23.4 Å². The lowest BCUT2D eigenvalue weighted by Gasteiger charge is -2.43. The van der Waals surface area contributed by atoms with Crippen molar-refractivity contribution in [2.45, 2.75) is 70.7 Å². The minimum Gasteiger partial charge on any atom is -0.508 e. The summed E-state index contributed by atoms with van der Waals surface area (Å²) in [6, 6.07) is 8.48. The van der Waals surface area contributed by atoms with Crippen LogP contribution < -0.4 is 10.6 Å². The summed E-state index contributed by atoms with van der Waals surface area (Å²) in [4.78, 5) is 41.4. The average molecular weight is 532 g/mol. The zero-order valence-corrected chi connectivity index (χ0v) is 22.2. The summed E-state index contributed by atoms with van der Waals surface area (Å²) in [7, 11) is 0. The maximum atomic E-state index is 13.8. The molecular weight excluding hydrogens is 498 g/mol. The fourth-order valence-corrected chi connectivity index (χ4v) is 4.38. The number of hydrogen-bond acceptors (Lipinski definition) is 6. The topological polar surface area (TPSA) is 128 Å². The number of carbonyl (C=O) groups is 3. The number of hydrogen-bond donors (Lipinski definition) is 4. The van der Waals surface area contributed by atoms with Crippen molar-refractivity contribution < 1.29 is 29.3 Å². The molecule has 2 aromatic carbocycles. The Bertz CT molecular complexity index is 1120. The lowest BCUT2D eigenvalue weighted by atomic mass is 9.88. The molecule has 1 aliphatic rings. The third kappa shape index (κ3) is 7.14. The van der Waals surface area contributed by atoms with E-state index in [2.05, 4.69) is 10.6 Å². The Morgan fingerprint density at radius 2 is 1.84 bits per heavy atom. The van der Waals surface area contributed by atoms with Crippen LogP contribution in [0, 0.1) is 6.92 Å². The second kappa shape index (κ2) is 11.8. The van der Waals surface area contributed by atoms with Crippen LogP contribution in [-0.4, -0.2) is 57.3 Å². The number of halogens is 1. The van der Waals surface area contributed by atoms with Gasteiger partial charge in [-0.2, -0.15) is 0 Å². The molecule has 3 amide bonds. The number of phenolic OH excluding ortho intramolecular Hbond substituents is 1. The van der Waals surface area contributed by atoms with E-state index in [-0.39, 0.29) is 11.8 Å². The van der Waals surface area contributed by atoms with Crippen molar-refractivity contribution in [2.24, 2.45) is 0 Å². The van der Waals surface area contributed by atoms with Crippen LogP contribution in [0.1, 0.15) is 57.2 Å². The molecule has 0 spiro atoms. The molecule has 200 valence electrons. The van der Waals surface area contributed by atoms with Crippen LogP contribution in [0.2, 0.25) is 5.02 Å². The van der Waals surface area contributed by atoms with Crippen LogP contribution in [-0.2, 0) is 14.3 Å². The quantitative estimate of drug-likeness (QED) is 0.402. The summed E-state index contributed by atoms with van der Waals surface area (Å²) < 4.78 is 5.26. The van der Waals surface area contributed by atoms with E-state index in [1.807, 2.05) is 0 Å². The molecule has 10 heteroatoms. The number of aryl methyl sites for hydroxylation is 1. The summed E-state index contributed by atoms with van der Waals surface area (Å²) in [5.41, 5.74) is 0.705. The van der Waals surface area contributed by atoms with E-state index >= 15 is 0 Å². The van der Waals surface area contributed by atoms with Crippen LogP contribution in [0.5, 0.6) is 5.75 Å². The molecule has 0 radical (unpaired) electrons. The van der Waals surface area contributed by atoms with Gasteiger partial charge in [-0.25, -0.2) is 4.79 Å². The first kappa shape index (κ1) is 28.3. The number of amides is 3. The molecule has 0 aromatic heterocycles. The first-order valence-corrected chi connectivity index (χ1v) is 12.6. The standard InChI is InChI=1S/C27H34ClN3O6/c1-16-8-5-13-20(28)22(16)30-24(34)23(17-9-6-12-19(33)14-17)31(18-10-7-11-18)25(35)21(15-32)29-26(36)37-27(2,3)4/h5-6,8-9,12-14,18,21,23,32-33H,7,10-11,15H2,1-4H3,(H,29,36)(H,30,34). The number of para-hydroxylation sites is 1. The molecule has 1 fully saturated rings. The summed E-state index contributed by atoms with van der Waals surface area (Å²) in [6.07, 6.45) is 1.28. The number of rotatable bonds is 8. The number of carbonyl (C=O) groups excluding carboxylic acids is 3. The zero-order chi connectivity index (χ0) is 27.3. The second-order valence-corrected chi connectivity index (χ2v) is 10.5. The molecule has 0 bridgehead atoms. The second-order valence-electron chi connectivity index (χ2n) is 10.1. The Kier molecular flexibility index (Phi) is 9.04. The smallest absolute Gasteiger partial charge is 0.408 e. The summed E-state index contributed by atoms with van der Waals surface area (Å²) in [5.74, 6) is -1.26. The number of ether oxygens (including phenoxy) is 1. The maximum absolute atomic E-state index is 13.8. The summed E-state index contributed by atoms with van der Waals surface area (Å²) in [5, 5.41) is 25.8. The highest BCUT2D eigenvalue weighted by molar-refractivity contribution is 6.34. The molecule has 2 aromatic rings. The Morgan fingerprint density at radius 3 is 2.38 bits per heavy atom. The van der Waals surface area contributed by atoms with Crippen molar-refractivity contribution in [1.82, 2.24) is 10.2 Å². The first-order chi connectivity index (χ1) is 17.4. The molecule has 37 heavy (non-hydrogen) atoms. The minimum atomic E-state index is -1.34. The highest BCUT2D eigenvalue weighted by atomic mass is 35.5. The number of alkyl carbamates (subject to hydrolysis) is 1. The third-order valence-electron chi connectivity index (χ3n) is 6.08. The number of benzene rings is 2. The van der Waals surface area contributed by atoms with Crippen LogP contribution in [0.4, 0.5) is 10.5 Å². The molecule has 0 saturated heterocycles. The van der Waals surface area contributed by atoms with E-state index in [9.17, 15) is 24.6 Å². The van der Waals surface area contributed by atoms with Gasteiger partial charge in [0.2, 0.25) is 5.91 Å². The van der Waals surface area contributed by atoms with Crippen LogP contribution in [0.3, 0.4) is 0 Å². The molecule has 0 heterocycles. The molecule has 1 saturated carbocycles. The van der Waals surface area contributed by atoms with Crippen molar-refractivity contribution in [1.29, 1.82) is 0 Å². The van der Waals surface area contributed by atoms with Crippen LogP contribution >= 0.6 is 11.6 Å². The van der Waals surface area contributed by atoms with Gasteiger partial charge in [-0.1, -0.05) is 35.9 Å². The number of nitrogens with one attached hydrogen (secondary N) is 2. The molecular formula is C27H34ClN3O6. The summed E-state index contributed by atoms with van der Waals surface area (Å²) in [6.45, 7) is 6.15. The van der Waals surface area contributed by atoms with Crippen LogP contribution in [0.25, 0.3) is 0 Å². The fraction of sp³-hybridized carbons (Fsp3) is 0.444. The summed E-state index contributed by atoms with van der Waals surface area (Å²) >= 11 is 6.35. The van der Waals surface area contributed by atoms with Gasteiger partial charge in [0, 0.05) is 6.04 Å². The molecule has 1 aliphatic carbocycles. The lowest BCUT2D eigenvalue weighted by molar-refractivity contribution is -0.146. The molecule has 3 rings (SSSR count). The number of phenols is 1. The predicted molar refractivity (Wildman–Crippen MR) is 140 cm³/mol. The lowest BCUT2D eigenvalue weighted by Crippen LogP contribution is -2.58. The number of aromatic hydroxyl groups is 1. The van der Waals surface area contributed by atoms with E-state index in [0.717, 1.165) is 12.0 Å². The largest absolute Gasteiger partial charge is 0.508 e. The number of anilines is 1. The highest BCUT2D eigenvalue weighted by Crippen LogP contribution is 2.36. The monoisotopic (exact) mass is 531 g/mol. The predicted octanol–water partition coefficient (Wildman–Crippen LogP) is 4.30. The van der Waals surface area contributed by atoms with Gasteiger partial charge >= 0.3 is 6.09 Å². The van der Waals surface area contributed by atoms with Gasteiger partial charge in [0.05, 0.1) is 17.3 Å². The number of nitrogens with zero attached hydrogens (tertiary/aromatic N) is 1. The Morgan fingerprint density at radius 1 is 1.16 bits per heavy atom. The molecule has 2 atom stereocenters. The van der Waals surface area contributed by atoms with Crippen molar-refractivity contribution in [3.05, 3.63) is 58.6 Å².